The van der Waals surface area contributed by atoms with Gasteiger partial charge in [0.25, 0.3) is 0 Å². The first kappa shape index (κ1) is 30.2. The predicted octanol–water partition coefficient (Wildman–Crippen LogP) is 6.89. The second-order valence-corrected chi connectivity index (χ2v) is 13.1. The van der Waals surface area contributed by atoms with E-state index < -0.39 is 5.82 Å². The highest BCUT2D eigenvalue weighted by Gasteiger charge is 2.35. The summed E-state index contributed by atoms with van der Waals surface area (Å²) in [6.07, 6.45) is 4.53. The van der Waals surface area contributed by atoms with E-state index in [2.05, 4.69) is 41.1 Å². The van der Waals surface area contributed by atoms with Crippen molar-refractivity contribution in [2.24, 2.45) is 0 Å². The molecule has 234 valence electrons. The Morgan fingerprint density at radius 2 is 1.98 bits per heavy atom. The molecule has 2 atom stereocenters. The number of hydrogen-bond acceptors (Lipinski definition) is 6. The number of likely N-dealkylation sites (tertiary alicyclic amines) is 1. The molecule has 2 aromatic heterocycles. The molecule has 0 bridgehead atoms. The molecule has 8 nitrogen and oxygen atoms in total. The third-order valence-corrected chi connectivity index (χ3v) is 10.1. The number of hydrogen-bond donors (Lipinski definition) is 0. The fourth-order valence-corrected chi connectivity index (χ4v) is 7.57. The number of aryl methyl sites for hydroxylation is 1. The van der Waals surface area contributed by atoms with Crippen LogP contribution in [-0.2, 0) is 4.79 Å². The second kappa shape index (κ2) is 11.7. The number of piperidine rings is 1. The van der Waals surface area contributed by atoms with Crippen LogP contribution in [0.1, 0.15) is 30.9 Å². The number of likely N-dealkylation sites (N-methyl/N-ethyl adjacent to an activating group) is 1. The number of pyridine rings is 1. The van der Waals surface area contributed by atoms with Crippen molar-refractivity contribution in [3.63, 3.8) is 0 Å². The molecule has 3 aromatic carbocycles. The van der Waals surface area contributed by atoms with Gasteiger partial charge in [0.05, 0.1) is 29.4 Å². The molecule has 2 saturated heterocycles. The summed E-state index contributed by atoms with van der Waals surface area (Å²) in [6.45, 7) is 7.66. The number of amides is 1. The van der Waals surface area contributed by atoms with Gasteiger partial charge in [-0.3, -0.25) is 4.79 Å². The molecule has 0 spiro atoms. The van der Waals surface area contributed by atoms with Gasteiger partial charge < -0.3 is 19.3 Å². The highest BCUT2D eigenvalue weighted by atomic mass is 35.5. The summed E-state index contributed by atoms with van der Waals surface area (Å²) < 4.78 is 19.2. The van der Waals surface area contributed by atoms with E-state index in [1.165, 1.54) is 6.08 Å². The highest BCUT2D eigenvalue weighted by molar-refractivity contribution is 6.35. The van der Waals surface area contributed by atoms with Crippen molar-refractivity contribution >= 4 is 56.0 Å². The van der Waals surface area contributed by atoms with Crippen molar-refractivity contribution in [2.75, 3.05) is 38.6 Å². The van der Waals surface area contributed by atoms with E-state index in [0.29, 0.717) is 52.7 Å². The molecule has 4 heterocycles. The Morgan fingerprint density at radius 3 is 2.70 bits per heavy atom. The summed E-state index contributed by atoms with van der Waals surface area (Å²) in [7, 11) is 4.11. The lowest BCUT2D eigenvalue weighted by Gasteiger charge is -2.43. The molecular weight excluding hydrogens is 601 g/mol. The van der Waals surface area contributed by atoms with E-state index >= 15 is 4.39 Å². The minimum absolute atomic E-state index is 0.0659. The summed E-state index contributed by atoms with van der Waals surface area (Å²) in [5.74, 6) is 0.00507. The van der Waals surface area contributed by atoms with E-state index in [9.17, 15) is 10.1 Å². The molecule has 0 N–H and O–H groups in total. The van der Waals surface area contributed by atoms with E-state index in [-0.39, 0.29) is 29.9 Å². The third kappa shape index (κ3) is 4.79. The smallest absolute Gasteiger partial charge is 0.246 e. The van der Waals surface area contributed by atoms with Crippen molar-refractivity contribution in [1.82, 2.24) is 24.3 Å². The first-order valence-corrected chi connectivity index (χ1v) is 16.0. The van der Waals surface area contributed by atoms with Gasteiger partial charge in [-0.1, -0.05) is 54.6 Å². The monoisotopic (exact) mass is 635 g/mol. The lowest BCUT2D eigenvalue weighted by Crippen LogP contribution is -2.57. The molecule has 0 saturated carbocycles. The molecule has 0 radical (unpaired) electrons. The van der Waals surface area contributed by atoms with E-state index in [1.807, 2.05) is 49.4 Å². The maximum atomic E-state index is 17.1. The van der Waals surface area contributed by atoms with Crippen LogP contribution in [0.2, 0.25) is 5.02 Å². The summed E-state index contributed by atoms with van der Waals surface area (Å²) in [5.41, 5.74) is 3.80. The molecule has 0 unspecified atom stereocenters. The van der Waals surface area contributed by atoms with E-state index in [1.54, 1.807) is 11.2 Å². The number of carbonyl (C=O) groups excluding carboxylic acids is 1. The minimum atomic E-state index is -0.465. The number of nitrogens with zero attached hydrogens (tertiary/aromatic N) is 7. The second-order valence-electron chi connectivity index (χ2n) is 12.7. The largest absolute Gasteiger partial charge is 0.351 e. The van der Waals surface area contributed by atoms with Crippen LogP contribution in [0.25, 0.3) is 43.8 Å². The Bertz CT molecular complexity index is 2070. The standard InChI is InChI=1S/C36H35ClFN7O/c1-5-29(46)44-15-13-24(16-23(44)12-14-39)45-20-40-34-35(45)27-17-28(37)31(26-11-7-10-22-9-6-8-21(2)30(22)26)32(38)33(27)41-36(34)43-18-25(19-43)42(3)4/h5-11,17,20,23-25H,1,12-13,15-16,18-19H2,2-4H3/t23-,24+/m1/s1. The topological polar surface area (TPSA) is 81.3 Å². The number of aromatic nitrogens is 3. The van der Waals surface area contributed by atoms with Crippen LogP contribution in [0, 0.1) is 24.1 Å². The first-order valence-electron chi connectivity index (χ1n) is 15.6. The number of carbonyl (C=O) groups is 1. The molecule has 0 aliphatic carbocycles. The molecule has 2 fully saturated rings. The Morgan fingerprint density at radius 1 is 1.22 bits per heavy atom. The van der Waals surface area contributed by atoms with Crippen LogP contribution < -0.4 is 4.90 Å². The van der Waals surface area contributed by atoms with Crippen molar-refractivity contribution < 1.29 is 9.18 Å². The van der Waals surface area contributed by atoms with Crippen LogP contribution in [0.3, 0.4) is 0 Å². The van der Waals surface area contributed by atoms with Crippen LogP contribution in [-0.4, -0.2) is 76.1 Å². The third-order valence-electron chi connectivity index (χ3n) is 9.81. The number of benzene rings is 3. The van der Waals surface area contributed by atoms with Crippen molar-refractivity contribution in [2.45, 2.75) is 44.3 Å². The summed E-state index contributed by atoms with van der Waals surface area (Å²) in [5, 5.41) is 12.4. The predicted molar refractivity (Wildman–Crippen MR) is 182 cm³/mol. The number of rotatable bonds is 6. The van der Waals surface area contributed by atoms with Gasteiger partial charge in [-0.2, -0.15) is 5.26 Å². The fourth-order valence-electron chi connectivity index (χ4n) is 7.27. The maximum absolute atomic E-state index is 17.1. The van der Waals surface area contributed by atoms with Crippen molar-refractivity contribution in [3.05, 3.63) is 77.9 Å². The van der Waals surface area contributed by atoms with Crippen molar-refractivity contribution in [3.8, 4) is 17.2 Å². The summed E-state index contributed by atoms with van der Waals surface area (Å²) in [4.78, 5) is 28.5. The average molecular weight is 636 g/mol. The molecule has 2 aliphatic heterocycles. The van der Waals surface area contributed by atoms with E-state index in [4.69, 9.17) is 21.6 Å². The van der Waals surface area contributed by atoms with Crippen molar-refractivity contribution in [1.29, 1.82) is 5.26 Å². The number of anilines is 1. The van der Waals surface area contributed by atoms with Crippen LogP contribution >= 0.6 is 11.6 Å². The zero-order valence-electron chi connectivity index (χ0n) is 26.2. The van der Waals surface area contributed by atoms with Gasteiger partial charge in [0.1, 0.15) is 11.0 Å². The Balaban J connectivity index is 1.44. The zero-order chi connectivity index (χ0) is 32.3. The van der Waals surface area contributed by atoms with Gasteiger partial charge in [-0.15, -0.1) is 0 Å². The normalized spacial score (nSPS) is 18.8. The van der Waals surface area contributed by atoms with Gasteiger partial charge >= 0.3 is 0 Å². The Hall–Kier alpha value is -4.52. The highest BCUT2D eigenvalue weighted by Crippen LogP contribution is 2.44. The average Bonchev–Trinajstić information content (AvgIpc) is 3.46. The quantitative estimate of drug-likeness (QED) is 0.189. The lowest BCUT2D eigenvalue weighted by atomic mass is 9.93. The Kier molecular flexibility index (Phi) is 7.66. The molecule has 1 amide bonds. The van der Waals surface area contributed by atoms with Crippen LogP contribution in [0.5, 0.6) is 0 Å². The molecule has 46 heavy (non-hydrogen) atoms. The minimum Gasteiger partial charge on any atom is -0.351 e. The molecule has 7 rings (SSSR count). The van der Waals surface area contributed by atoms with Gasteiger partial charge in [0, 0.05) is 48.7 Å². The number of nitriles is 1. The molecule has 2 aliphatic rings. The lowest BCUT2D eigenvalue weighted by molar-refractivity contribution is -0.130. The molecule has 10 heteroatoms. The fraction of sp³-hybridized carbons (Fsp3) is 0.333. The molecule has 5 aromatic rings. The Labute approximate surface area is 272 Å². The molecular formula is C36H35ClFN7O. The SMILES string of the molecule is C=CC(=O)N1CC[C@H](n2cnc3c(N4CC(N(C)C)C4)nc4c(F)c(-c5cccc6cccc(C)c56)c(Cl)cc4c32)C[C@H]1CC#N. The van der Waals surface area contributed by atoms with Crippen LogP contribution in [0.4, 0.5) is 10.2 Å². The van der Waals surface area contributed by atoms with Crippen LogP contribution in [0.15, 0.2) is 61.4 Å². The van der Waals surface area contributed by atoms with E-state index in [0.717, 1.165) is 40.5 Å². The van der Waals surface area contributed by atoms with Gasteiger partial charge in [-0.05, 0) is 67.9 Å². The van der Waals surface area contributed by atoms with Gasteiger partial charge in [-0.25, -0.2) is 14.4 Å². The zero-order valence-corrected chi connectivity index (χ0v) is 26.9. The number of imidazole rings is 1. The number of halogens is 2. The van der Waals surface area contributed by atoms with Gasteiger partial charge in [0.15, 0.2) is 11.6 Å². The first-order chi connectivity index (χ1) is 22.2. The number of fused-ring (bicyclic) bond motifs is 4. The summed E-state index contributed by atoms with van der Waals surface area (Å²) >= 11 is 7.03. The van der Waals surface area contributed by atoms with Gasteiger partial charge in [0.2, 0.25) is 5.91 Å². The summed E-state index contributed by atoms with van der Waals surface area (Å²) in [6, 6.07) is 16.0. The maximum Gasteiger partial charge on any atom is 0.246 e.